The number of pyridine rings is 1. The lowest BCUT2D eigenvalue weighted by molar-refractivity contribution is -0.137. The molecule has 2 aromatic carbocycles. The van der Waals surface area contributed by atoms with Crippen molar-refractivity contribution in [2.75, 3.05) is 16.3 Å². The van der Waals surface area contributed by atoms with E-state index in [-0.39, 0.29) is 17.3 Å². The number of aromatic nitrogens is 3. The average molecular weight is 511 g/mol. The summed E-state index contributed by atoms with van der Waals surface area (Å²) < 4.78 is 45.5. The molecule has 190 valence electrons. The molecule has 1 aliphatic heterocycles. The van der Waals surface area contributed by atoms with Gasteiger partial charge < -0.3 is 9.72 Å². The second-order valence-electron chi connectivity index (χ2n) is 8.74. The number of H-pyrrole nitrogens is 2. The van der Waals surface area contributed by atoms with Crippen molar-refractivity contribution in [3.05, 3.63) is 76.3 Å². The van der Waals surface area contributed by atoms with E-state index in [1.54, 1.807) is 18.2 Å². The highest BCUT2D eigenvalue weighted by atomic mass is 19.4. The molecule has 0 bridgehead atoms. The Hall–Kier alpha value is -4.61. The summed E-state index contributed by atoms with van der Waals surface area (Å²) in [6.07, 6.45) is -3.10. The maximum absolute atomic E-state index is 13.2. The Labute approximate surface area is 207 Å². The minimum atomic E-state index is -4.59. The number of benzene rings is 2. The predicted octanol–water partition coefficient (Wildman–Crippen LogP) is 5.16. The van der Waals surface area contributed by atoms with Crippen LogP contribution in [0.3, 0.4) is 0 Å². The lowest BCUT2D eigenvalue weighted by Gasteiger charge is -2.20. The molecule has 0 radical (unpaired) electrons. The van der Waals surface area contributed by atoms with Gasteiger partial charge in [-0.05, 0) is 47.9 Å². The van der Waals surface area contributed by atoms with Crippen LogP contribution >= 0.6 is 0 Å². The number of imide groups is 1. The monoisotopic (exact) mass is 511 g/mol. The molecule has 3 heterocycles. The van der Waals surface area contributed by atoms with Crippen LogP contribution in [-0.2, 0) is 11.0 Å². The number of carbonyl (C=O) groups is 2. The van der Waals surface area contributed by atoms with E-state index in [1.807, 2.05) is 13.8 Å². The molecule has 4 aromatic rings. The summed E-state index contributed by atoms with van der Waals surface area (Å²) in [5.41, 5.74) is 0.257. The number of hydrogen-bond acceptors (Lipinski definition) is 5. The van der Waals surface area contributed by atoms with Crippen molar-refractivity contribution < 1.29 is 27.5 Å². The minimum absolute atomic E-state index is 0.0260. The fourth-order valence-corrected chi connectivity index (χ4v) is 4.14. The van der Waals surface area contributed by atoms with Crippen LogP contribution in [-0.4, -0.2) is 33.4 Å². The number of ether oxygens (including phenoxy) is 1. The van der Waals surface area contributed by atoms with Gasteiger partial charge in [0.05, 0.1) is 11.3 Å². The molecule has 1 aliphatic rings. The largest absolute Gasteiger partial charge is 0.455 e. The van der Waals surface area contributed by atoms with Crippen LogP contribution < -0.4 is 20.2 Å². The van der Waals surface area contributed by atoms with Crippen molar-refractivity contribution >= 4 is 34.5 Å². The van der Waals surface area contributed by atoms with Crippen LogP contribution in [0.5, 0.6) is 11.5 Å². The first-order valence-corrected chi connectivity index (χ1v) is 11.2. The van der Waals surface area contributed by atoms with Crippen molar-refractivity contribution in [1.29, 1.82) is 0 Å². The maximum Gasteiger partial charge on any atom is 0.416 e. The molecular weight excluding hydrogens is 491 g/mol. The third kappa shape index (κ3) is 4.41. The number of amides is 3. The molecule has 2 aromatic heterocycles. The van der Waals surface area contributed by atoms with Crippen LogP contribution in [0.1, 0.15) is 30.9 Å². The minimum Gasteiger partial charge on any atom is -0.455 e. The van der Waals surface area contributed by atoms with Crippen molar-refractivity contribution in [1.82, 2.24) is 15.0 Å². The Morgan fingerprint density at radius 3 is 2.49 bits per heavy atom. The van der Waals surface area contributed by atoms with E-state index >= 15 is 0 Å². The standard InChI is InChI=1S/C25H20F3N5O4/c1-13(2)17-11-16(6-7-18(17)37-19-8-9-29-22-21(19)30-23(35)31-22)33-20(34)12-32(24(33)36)15-5-3-4-14(10-15)25(26,27)28/h3-11,13H,12H2,1-2H3,(H2,29,30,31,35). The molecule has 0 spiro atoms. The van der Waals surface area contributed by atoms with E-state index < -0.39 is 35.9 Å². The quantitative estimate of drug-likeness (QED) is 0.360. The smallest absolute Gasteiger partial charge is 0.416 e. The number of hydrogen-bond donors (Lipinski definition) is 2. The van der Waals surface area contributed by atoms with Crippen molar-refractivity contribution in [3.63, 3.8) is 0 Å². The van der Waals surface area contributed by atoms with Crippen LogP contribution in [0.2, 0.25) is 0 Å². The number of alkyl halides is 3. The molecule has 0 atom stereocenters. The van der Waals surface area contributed by atoms with Gasteiger partial charge in [0.1, 0.15) is 17.8 Å². The maximum atomic E-state index is 13.2. The molecule has 2 N–H and O–H groups in total. The number of aromatic amines is 2. The van der Waals surface area contributed by atoms with Crippen LogP contribution in [0.15, 0.2) is 59.5 Å². The number of halogens is 3. The number of nitrogens with one attached hydrogen (secondary N) is 2. The lowest BCUT2D eigenvalue weighted by Crippen LogP contribution is -2.33. The SMILES string of the molecule is CC(C)c1cc(N2C(=O)CN(c3cccc(C(F)(F)F)c3)C2=O)ccc1Oc1ccnc2[nH]c(=O)[nH]c12. The molecule has 1 saturated heterocycles. The Kier molecular flexibility index (Phi) is 5.73. The van der Waals surface area contributed by atoms with Crippen LogP contribution in [0, 0.1) is 0 Å². The highest BCUT2D eigenvalue weighted by Gasteiger charge is 2.39. The Morgan fingerprint density at radius 2 is 1.76 bits per heavy atom. The second-order valence-corrected chi connectivity index (χ2v) is 8.74. The number of fused-ring (bicyclic) bond motifs is 1. The molecule has 37 heavy (non-hydrogen) atoms. The van der Waals surface area contributed by atoms with Gasteiger partial charge in [0.15, 0.2) is 11.4 Å². The van der Waals surface area contributed by atoms with Gasteiger partial charge in [-0.15, -0.1) is 0 Å². The molecule has 5 rings (SSSR count). The molecule has 12 heteroatoms. The predicted molar refractivity (Wildman–Crippen MR) is 129 cm³/mol. The third-order valence-corrected chi connectivity index (χ3v) is 5.93. The summed E-state index contributed by atoms with van der Waals surface area (Å²) in [6, 6.07) is 9.85. The van der Waals surface area contributed by atoms with E-state index in [0.717, 1.165) is 21.9 Å². The van der Waals surface area contributed by atoms with Gasteiger partial charge in [-0.2, -0.15) is 13.2 Å². The fraction of sp³-hybridized carbons (Fsp3) is 0.200. The Balaban J connectivity index is 1.47. The number of imidazole rings is 1. The topological polar surface area (TPSA) is 111 Å². The summed E-state index contributed by atoms with van der Waals surface area (Å²) in [4.78, 5) is 48.9. The number of anilines is 2. The normalized spacial score (nSPS) is 14.3. The number of nitrogens with zero attached hydrogens (tertiary/aromatic N) is 3. The van der Waals surface area contributed by atoms with Gasteiger partial charge in [0.2, 0.25) is 0 Å². The summed E-state index contributed by atoms with van der Waals surface area (Å²) in [5, 5.41) is 0. The Morgan fingerprint density at radius 1 is 0.973 bits per heavy atom. The fourth-order valence-electron chi connectivity index (χ4n) is 4.14. The zero-order chi connectivity index (χ0) is 26.5. The van der Waals surface area contributed by atoms with E-state index in [0.29, 0.717) is 28.2 Å². The van der Waals surface area contributed by atoms with Crippen molar-refractivity contribution in [3.8, 4) is 11.5 Å². The van der Waals surface area contributed by atoms with Gasteiger partial charge in [0.25, 0.3) is 5.91 Å². The van der Waals surface area contributed by atoms with E-state index in [9.17, 15) is 27.6 Å². The zero-order valence-corrected chi connectivity index (χ0v) is 19.6. The Bertz CT molecular complexity index is 1590. The summed E-state index contributed by atoms with van der Waals surface area (Å²) in [5.74, 6) is 0.112. The van der Waals surface area contributed by atoms with Gasteiger partial charge in [0, 0.05) is 18.0 Å². The number of carbonyl (C=O) groups excluding carboxylic acids is 2. The molecule has 0 saturated carbocycles. The zero-order valence-electron chi connectivity index (χ0n) is 19.6. The molecule has 9 nitrogen and oxygen atoms in total. The third-order valence-electron chi connectivity index (χ3n) is 5.93. The van der Waals surface area contributed by atoms with E-state index in [2.05, 4.69) is 15.0 Å². The van der Waals surface area contributed by atoms with Gasteiger partial charge in [-0.3, -0.25) is 14.7 Å². The first-order valence-electron chi connectivity index (χ1n) is 11.2. The second kappa shape index (κ2) is 8.80. The van der Waals surface area contributed by atoms with Crippen LogP contribution in [0.25, 0.3) is 11.2 Å². The number of rotatable bonds is 5. The van der Waals surface area contributed by atoms with Gasteiger partial charge >= 0.3 is 17.9 Å². The first-order chi connectivity index (χ1) is 17.5. The highest BCUT2D eigenvalue weighted by molar-refractivity contribution is 6.27. The highest BCUT2D eigenvalue weighted by Crippen LogP contribution is 2.37. The molecule has 0 unspecified atom stereocenters. The average Bonchev–Trinajstić information content (AvgIpc) is 3.37. The van der Waals surface area contributed by atoms with Gasteiger partial charge in [-0.25, -0.2) is 19.5 Å². The summed E-state index contributed by atoms with van der Waals surface area (Å²) in [6.45, 7) is 3.40. The summed E-state index contributed by atoms with van der Waals surface area (Å²) >= 11 is 0. The molecule has 1 fully saturated rings. The molecule has 3 amide bonds. The summed E-state index contributed by atoms with van der Waals surface area (Å²) in [7, 11) is 0. The first kappa shape index (κ1) is 24.1. The van der Waals surface area contributed by atoms with Crippen molar-refractivity contribution in [2.24, 2.45) is 0 Å². The molecular formula is C25H20F3N5O4. The van der Waals surface area contributed by atoms with E-state index in [4.69, 9.17) is 4.74 Å². The number of urea groups is 1. The van der Waals surface area contributed by atoms with Crippen molar-refractivity contribution in [2.45, 2.75) is 25.9 Å². The van der Waals surface area contributed by atoms with Gasteiger partial charge in [-0.1, -0.05) is 19.9 Å². The van der Waals surface area contributed by atoms with Crippen LogP contribution in [0.4, 0.5) is 29.3 Å². The lowest BCUT2D eigenvalue weighted by atomic mass is 10.0. The molecule has 0 aliphatic carbocycles. The van der Waals surface area contributed by atoms with E-state index in [1.165, 1.54) is 24.4 Å².